The second-order valence-electron chi connectivity index (χ2n) is 13.0. The van der Waals surface area contributed by atoms with Crippen LogP contribution in [0.5, 0.6) is 0 Å². The van der Waals surface area contributed by atoms with Crippen LogP contribution in [-0.4, -0.2) is 51.6 Å². The van der Waals surface area contributed by atoms with E-state index in [0.717, 1.165) is 32.1 Å². The maximum absolute atomic E-state index is 15.8. The second kappa shape index (κ2) is 10.1. The number of aliphatic hydroxyl groups is 1. The highest BCUT2D eigenvalue weighted by molar-refractivity contribution is 6.26. The average Bonchev–Trinajstić information content (AvgIpc) is 3.10. The second-order valence-corrected chi connectivity index (χ2v) is 13.8. The zero-order valence-corrected chi connectivity index (χ0v) is 24.4. The Hall–Kier alpha value is -1.44. The van der Waals surface area contributed by atoms with Crippen LogP contribution in [-0.2, 0) is 23.9 Å². The molecule has 1 N–H and O–H groups in total. The van der Waals surface area contributed by atoms with E-state index in [2.05, 4.69) is 0 Å². The van der Waals surface area contributed by atoms with Crippen LogP contribution in [0.2, 0.25) is 0 Å². The molecule has 5 aliphatic carbocycles. The van der Waals surface area contributed by atoms with Crippen LogP contribution in [0.1, 0.15) is 78.6 Å². The predicted molar refractivity (Wildman–Crippen MR) is 145 cm³/mol. The average molecular weight is 586 g/mol. The molecule has 5 aliphatic rings. The highest BCUT2D eigenvalue weighted by atomic mass is 35.5. The lowest BCUT2D eigenvalue weighted by Crippen LogP contribution is -2.70. The number of halogens is 3. The molecular weight excluding hydrogens is 546 g/mol. The summed E-state index contributed by atoms with van der Waals surface area (Å²) in [6.07, 6.45) is 7.55. The first kappa shape index (κ1) is 29.1. The Bertz CT molecular complexity index is 1100. The van der Waals surface area contributed by atoms with Crippen molar-refractivity contribution in [2.75, 3.05) is 6.07 Å². The molecule has 0 aromatic heterocycles. The van der Waals surface area contributed by atoms with Gasteiger partial charge >= 0.3 is 11.9 Å². The van der Waals surface area contributed by atoms with Gasteiger partial charge in [-0.15, -0.1) is 11.6 Å². The van der Waals surface area contributed by atoms with Crippen LogP contribution in [0, 0.1) is 34.5 Å². The first-order valence-corrected chi connectivity index (χ1v) is 15.2. The summed E-state index contributed by atoms with van der Waals surface area (Å²) < 4.78 is 27.4. The minimum Gasteiger partial charge on any atom is -0.446 e. The summed E-state index contributed by atoms with van der Waals surface area (Å²) in [6.45, 7) is 5.46. The van der Waals surface area contributed by atoms with Crippen LogP contribution < -0.4 is 0 Å². The molecule has 9 heteroatoms. The molecule has 6 nitrogen and oxygen atoms in total. The van der Waals surface area contributed by atoms with E-state index in [0.29, 0.717) is 6.42 Å². The van der Waals surface area contributed by atoms with E-state index in [1.165, 1.54) is 12.2 Å². The van der Waals surface area contributed by atoms with Crippen LogP contribution in [0.4, 0.5) is 4.39 Å². The van der Waals surface area contributed by atoms with Gasteiger partial charge in [0.05, 0.1) is 11.0 Å². The van der Waals surface area contributed by atoms with Gasteiger partial charge in [0.2, 0.25) is 5.60 Å². The van der Waals surface area contributed by atoms with Crippen molar-refractivity contribution < 1.29 is 33.4 Å². The van der Waals surface area contributed by atoms with Crippen molar-refractivity contribution >= 4 is 40.9 Å². The third kappa shape index (κ3) is 4.07. The van der Waals surface area contributed by atoms with Gasteiger partial charge in [0.15, 0.2) is 11.8 Å². The first-order chi connectivity index (χ1) is 18.3. The largest absolute Gasteiger partial charge is 0.446 e. The van der Waals surface area contributed by atoms with Gasteiger partial charge in [-0.2, -0.15) is 0 Å². The van der Waals surface area contributed by atoms with Crippen molar-refractivity contribution in [2.45, 2.75) is 101 Å². The van der Waals surface area contributed by atoms with E-state index in [9.17, 15) is 19.5 Å². The van der Waals surface area contributed by atoms with Crippen LogP contribution in [0.15, 0.2) is 23.8 Å². The van der Waals surface area contributed by atoms with Crippen molar-refractivity contribution in [2.24, 2.45) is 34.5 Å². The zero-order valence-electron chi connectivity index (χ0n) is 22.9. The molecule has 0 amide bonds. The Morgan fingerprint density at radius 2 is 1.85 bits per heavy atom. The Morgan fingerprint density at radius 1 is 1.15 bits per heavy atom. The van der Waals surface area contributed by atoms with E-state index >= 15 is 4.39 Å². The standard InChI is InChI=1S/C30H39Cl2FO6/c1-17-11-20-21-14-23(33)22-13-19(34)9-10-27(22,2)29(21,32)24(35)15-28(20,3)30(17,26(37)38-16-31)39-25(36)12-18-7-5-4-6-8-18/h9-10,13,17-18,20-21,23-24,35H,4-8,11-12,14-16H2,1-3H3/t17-,20+,21+,23+,24+,27+,28+,29?,30+/m1/s1. The number of aliphatic hydroxyl groups excluding tert-OH is 1. The van der Waals surface area contributed by atoms with E-state index < -0.39 is 63.4 Å². The van der Waals surface area contributed by atoms with Gasteiger partial charge in [-0.25, -0.2) is 9.18 Å². The lowest BCUT2D eigenvalue weighted by Gasteiger charge is -2.64. The minimum atomic E-state index is -1.70. The molecule has 39 heavy (non-hydrogen) atoms. The highest BCUT2D eigenvalue weighted by Gasteiger charge is 2.78. The molecule has 9 atom stereocenters. The maximum atomic E-state index is 15.8. The third-order valence-corrected chi connectivity index (χ3v) is 12.1. The molecule has 0 spiro atoms. The monoisotopic (exact) mass is 584 g/mol. The number of carbonyl (C=O) groups excluding carboxylic acids is 3. The number of esters is 2. The Morgan fingerprint density at radius 3 is 2.51 bits per heavy atom. The molecule has 0 aromatic rings. The normalized spacial score (nSPS) is 45.6. The summed E-state index contributed by atoms with van der Waals surface area (Å²) in [6, 6.07) is -0.406. The van der Waals surface area contributed by atoms with Gasteiger partial charge in [-0.3, -0.25) is 9.59 Å². The lowest BCUT2D eigenvalue weighted by molar-refractivity contribution is -0.216. The van der Waals surface area contributed by atoms with Gasteiger partial charge in [0.1, 0.15) is 6.17 Å². The zero-order chi connectivity index (χ0) is 28.4. The summed E-state index contributed by atoms with van der Waals surface area (Å²) >= 11 is 13.3. The number of alkyl halides is 3. The molecule has 4 fully saturated rings. The lowest BCUT2D eigenvalue weighted by atomic mass is 9.45. The Balaban J connectivity index is 1.55. The Labute approximate surface area is 239 Å². The van der Waals surface area contributed by atoms with Crippen molar-refractivity contribution in [3.8, 4) is 0 Å². The fraction of sp³-hybridized carbons (Fsp3) is 0.767. The van der Waals surface area contributed by atoms with Gasteiger partial charge in [0, 0.05) is 23.2 Å². The number of fused-ring (bicyclic) bond motifs is 5. The smallest absolute Gasteiger partial charge is 0.352 e. The summed E-state index contributed by atoms with van der Waals surface area (Å²) in [7, 11) is 0. The number of hydrogen-bond acceptors (Lipinski definition) is 6. The number of ether oxygens (including phenoxy) is 2. The third-order valence-electron chi connectivity index (χ3n) is 11.1. The van der Waals surface area contributed by atoms with Crippen molar-refractivity contribution in [3.05, 3.63) is 23.8 Å². The topological polar surface area (TPSA) is 89.9 Å². The fourth-order valence-electron chi connectivity index (χ4n) is 9.22. The van der Waals surface area contributed by atoms with Gasteiger partial charge in [-0.1, -0.05) is 57.7 Å². The molecule has 0 aliphatic heterocycles. The SMILES string of the molecule is C[C@@H]1C[C@H]2[C@@H]3C[C@H](F)C4=CC(=O)C=C[C@]4(C)C3(Cl)[C@@H](O)C[C@]2(C)[C@@]1(OC(=O)CC1CCCCC1)C(=O)OCCl. The molecule has 0 bridgehead atoms. The number of hydrogen-bond donors (Lipinski definition) is 1. The molecular formula is C30H39Cl2FO6. The molecule has 0 aromatic carbocycles. The molecule has 0 radical (unpaired) electrons. The van der Waals surface area contributed by atoms with E-state index in [-0.39, 0.29) is 42.5 Å². The molecule has 1 unspecified atom stereocenters. The van der Waals surface area contributed by atoms with E-state index in [4.69, 9.17) is 32.7 Å². The number of carbonyl (C=O) groups is 3. The number of rotatable bonds is 5. The Kier molecular flexibility index (Phi) is 7.55. The van der Waals surface area contributed by atoms with Crippen molar-refractivity contribution in [1.29, 1.82) is 0 Å². The van der Waals surface area contributed by atoms with Gasteiger partial charge in [0.25, 0.3) is 0 Å². The number of ketones is 1. The van der Waals surface area contributed by atoms with Crippen LogP contribution >= 0.6 is 23.2 Å². The minimum absolute atomic E-state index is 0.00721. The summed E-state index contributed by atoms with van der Waals surface area (Å²) in [5.74, 6) is -2.69. The molecule has 5 rings (SSSR count). The van der Waals surface area contributed by atoms with Crippen molar-refractivity contribution in [3.63, 3.8) is 0 Å². The first-order valence-electron chi connectivity index (χ1n) is 14.3. The molecule has 4 saturated carbocycles. The summed E-state index contributed by atoms with van der Waals surface area (Å²) in [5.41, 5.74) is -3.60. The van der Waals surface area contributed by atoms with E-state index in [1.54, 1.807) is 13.0 Å². The molecule has 0 saturated heterocycles. The molecule has 0 heterocycles. The van der Waals surface area contributed by atoms with Crippen LogP contribution in [0.25, 0.3) is 0 Å². The summed E-state index contributed by atoms with van der Waals surface area (Å²) in [5, 5.41) is 11.8. The van der Waals surface area contributed by atoms with Crippen LogP contribution in [0.3, 0.4) is 0 Å². The predicted octanol–water partition coefficient (Wildman–Crippen LogP) is 5.81. The van der Waals surface area contributed by atoms with Gasteiger partial charge < -0.3 is 14.6 Å². The molecule has 216 valence electrons. The summed E-state index contributed by atoms with van der Waals surface area (Å²) in [4.78, 5) is 38.0. The number of allylic oxidation sites excluding steroid dienone is 4. The van der Waals surface area contributed by atoms with E-state index in [1.807, 2.05) is 13.8 Å². The van der Waals surface area contributed by atoms with Gasteiger partial charge in [-0.05, 0) is 67.6 Å². The fourth-order valence-corrected chi connectivity index (χ4v) is 9.81. The van der Waals surface area contributed by atoms with Crippen molar-refractivity contribution in [1.82, 2.24) is 0 Å². The quantitative estimate of drug-likeness (QED) is 0.324. The maximum Gasteiger partial charge on any atom is 0.352 e. The highest BCUT2D eigenvalue weighted by Crippen LogP contribution is 2.72.